The van der Waals surface area contributed by atoms with Gasteiger partial charge in [0.15, 0.2) is 0 Å². The van der Waals surface area contributed by atoms with Crippen LogP contribution < -0.4 is 5.73 Å². The van der Waals surface area contributed by atoms with Gasteiger partial charge in [-0.05, 0) is 12.1 Å². The largest absolute Gasteiger partial charge is 0.344 e. The number of hydrogen-bond donors (Lipinski definition) is 1. The molecule has 0 aromatic heterocycles. The molecule has 3 nitrogen and oxygen atoms in total. The second kappa shape index (κ2) is 4.72. The molecule has 0 atom stereocenters. The van der Waals surface area contributed by atoms with Crippen LogP contribution in [0.5, 0.6) is 0 Å². The van der Waals surface area contributed by atoms with Crippen molar-refractivity contribution >= 4 is 11.6 Å². The normalized spacial score (nSPS) is 30.3. The van der Waals surface area contributed by atoms with E-state index >= 15 is 0 Å². The molecule has 2 N–H and O–H groups in total. The number of nitrogens with two attached hydrogens (primary N) is 1. The number of benzene rings is 1. The van der Waals surface area contributed by atoms with Gasteiger partial charge in [-0.3, -0.25) is 0 Å². The Morgan fingerprint density at radius 3 is 2.69 bits per heavy atom. The molecular formula is C12H16ClNO2. The van der Waals surface area contributed by atoms with Crippen LogP contribution in [0.2, 0.25) is 5.02 Å². The van der Waals surface area contributed by atoms with E-state index in [4.69, 9.17) is 26.8 Å². The van der Waals surface area contributed by atoms with Crippen LogP contribution in [0.25, 0.3) is 0 Å². The molecule has 1 aromatic rings. The molecule has 0 unspecified atom stereocenters. The Morgan fingerprint density at radius 1 is 1.44 bits per heavy atom. The maximum Gasteiger partial charge on any atom is 0.207 e. The van der Waals surface area contributed by atoms with E-state index in [9.17, 15) is 0 Å². The van der Waals surface area contributed by atoms with Crippen molar-refractivity contribution in [2.75, 3.05) is 19.8 Å². The Labute approximate surface area is 100 Å². The minimum Gasteiger partial charge on any atom is -0.344 e. The van der Waals surface area contributed by atoms with Crippen molar-refractivity contribution in [2.24, 2.45) is 11.7 Å². The maximum absolute atomic E-state index is 5.96. The molecule has 1 aromatic carbocycles. The molecule has 0 bridgehead atoms. The molecule has 16 heavy (non-hydrogen) atoms. The lowest BCUT2D eigenvalue weighted by Gasteiger charge is -2.38. The molecule has 1 saturated heterocycles. The van der Waals surface area contributed by atoms with Gasteiger partial charge >= 0.3 is 0 Å². The van der Waals surface area contributed by atoms with E-state index in [0.717, 1.165) is 5.56 Å². The summed E-state index contributed by atoms with van der Waals surface area (Å²) in [5.74, 6) is -0.420. The van der Waals surface area contributed by atoms with E-state index in [1.165, 1.54) is 0 Å². The highest BCUT2D eigenvalue weighted by molar-refractivity contribution is 6.30. The Kier molecular flexibility index (Phi) is 3.50. The fourth-order valence-corrected chi connectivity index (χ4v) is 1.96. The molecule has 4 heteroatoms. The summed E-state index contributed by atoms with van der Waals surface area (Å²) >= 11 is 5.96. The molecule has 1 aliphatic heterocycles. The summed E-state index contributed by atoms with van der Waals surface area (Å²) in [6.45, 7) is 3.69. The van der Waals surface area contributed by atoms with E-state index in [1.54, 1.807) is 0 Å². The summed E-state index contributed by atoms with van der Waals surface area (Å²) < 4.78 is 11.5. The van der Waals surface area contributed by atoms with Crippen LogP contribution in [0.1, 0.15) is 12.5 Å². The minimum atomic E-state index is -0.822. The van der Waals surface area contributed by atoms with E-state index in [2.05, 4.69) is 6.92 Å². The van der Waals surface area contributed by atoms with Gasteiger partial charge in [0, 0.05) is 16.5 Å². The van der Waals surface area contributed by atoms with Gasteiger partial charge in [-0.1, -0.05) is 30.7 Å². The highest BCUT2D eigenvalue weighted by atomic mass is 35.5. The SMILES string of the molecule is CC1COC(CN)(c2cccc(Cl)c2)OC1. The van der Waals surface area contributed by atoms with Gasteiger partial charge in [0.1, 0.15) is 0 Å². The van der Waals surface area contributed by atoms with Gasteiger partial charge in [0.25, 0.3) is 0 Å². The first kappa shape index (κ1) is 11.9. The third-order valence-electron chi connectivity index (χ3n) is 2.74. The first-order valence-corrected chi connectivity index (χ1v) is 5.78. The molecule has 1 fully saturated rings. The Balaban J connectivity index is 2.28. The fourth-order valence-electron chi connectivity index (χ4n) is 1.77. The molecule has 0 aliphatic carbocycles. The van der Waals surface area contributed by atoms with Crippen molar-refractivity contribution in [1.82, 2.24) is 0 Å². The summed E-state index contributed by atoms with van der Waals surface area (Å²) in [4.78, 5) is 0. The summed E-state index contributed by atoms with van der Waals surface area (Å²) in [5.41, 5.74) is 6.66. The highest BCUT2D eigenvalue weighted by Crippen LogP contribution is 2.32. The second-order valence-corrected chi connectivity index (χ2v) is 4.63. The van der Waals surface area contributed by atoms with Crippen LogP contribution in [-0.4, -0.2) is 19.8 Å². The van der Waals surface area contributed by atoms with Crippen LogP contribution >= 0.6 is 11.6 Å². The molecule has 0 saturated carbocycles. The van der Waals surface area contributed by atoms with Gasteiger partial charge < -0.3 is 15.2 Å². The van der Waals surface area contributed by atoms with Crippen molar-refractivity contribution in [3.63, 3.8) is 0 Å². The van der Waals surface area contributed by atoms with Crippen LogP contribution in [0, 0.1) is 5.92 Å². The average Bonchev–Trinajstić information content (AvgIpc) is 2.31. The number of rotatable bonds is 2. The zero-order valence-electron chi connectivity index (χ0n) is 9.28. The molecular weight excluding hydrogens is 226 g/mol. The van der Waals surface area contributed by atoms with E-state index < -0.39 is 5.79 Å². The van der Waals surface area contributed by atoms with Crippen molar-refractivity contribution in [2.45, 2.75) is 12.7 Å². The second-order valence-electron chi connectivity index (χ2n) is 4.19. The third-order valence-corrected chi connectivity index (χ3v) is 2.97. The summed E-state index contributed by atoms with van der Waals surface area (Å²) in [6, 6.07) is 7.46. The molecule has 0 spiro atoms. The summed E-state index contributed by atoms with van der Waals surface area (Å²) in [5, 5.41) is 0.663. The molecule has 0 radical (unpaired) electrons. The lowest BCUT2D eigenvalue weighted by atomic mass is 10.0. The van der Waals surface area contributed by atoms with Crippen LogP contribution in [0.4, 0.5) is 0 Å². The average molecular weight is 242 g/mol. The Morgan fingerprint density at radius 2 is 2.12 bits per heavy atom. The van der Waals surface area contributed by atoms with Gasteiger partial charge in [0.2, 0.25) is 5.79 Å². The van der Waals surface area contributed by atoms with Gasteiger partial charge in [0.05, 0.1) is 19.8 Å². The molecule has 88 valence electrons. The van der Waals surface area contributed by atoms with Crippen LogP contribution in [0.3, 0.4) is 0 Å². The van der Waals surface area contributed by atoms with Crippen LogP contribution in [0.15, 0.2) is 24.3 Å². The first-order valence-electron chi connectivity index (χ1n) is 5.40. The standard InChI is InChI=1S/C12H16ClNO2/c1-9-6-15-12(8-14,16-7-9)10-3-2-4-11(13)5-10/h2-5,9H,6-8,14H2,1H3. The summed E-state index contributed by atoms with van der Waals surface area (Å²) in [7, 11) is 0. The Bertz CT molecular complexity index is 362. The number of halogens is 1. The van der Waals surface area contributed by atoms with E-state index in [0.29, 0.717) is 30.7 Å². The van der Waals surface area contributed by atoms with Crippen molar-refractivity contribution in [3.8, 4) is 0 Å². The van der Waals surface area contributed by atoms with Crippen molar-refractivity contribution < 1.29 is 9.47 Å². The van der Waals surface area contributed by atoms with Crippen molar-refractivity contribution in [3.05, 3.63) is 34.9 Å². The van der Waals surface area contributed by atoms with Crippen LogP contribution in [-0.2, 0) is 15.3 Å². The first-order chi connectivity index (χ1) is 7.66. The molecule has 2 rings (SSSR count). The maximum atomic E-state index is 5.96. The van der Waals surface area contributed by atoms with Gasteiger partial charge in [-0.25, -0.2) is 0 Å². The smallest absolute Gasteiger partial charge is 0.207 e. The molecule has 1 heterocycles. The quantitative estimate of drug-likeness (QED) is 0.863. The van der Waals surface area contributed by atoms with E-state index in [-0.39, 0.29) is 0 Å². The highest BCUT2D eigenvalue weighted by Gasteiger charge is 2.37. The number of hydrogen-bond acceptors (Lipinski definition) is 3. The fraction of sp³-hybridized carbons (Fsp3) is 0.500. The predicted molar refractivity (Wildman–Crippen MR) is 63.3 cm³/mol. The zero-order chi connectivity index (χ0) is 11.6. The third kappa shape index (κ3) is 2.23. The lowest BCUT2D eigenvalue weighted by molar-refractivity contribution is -0.284. The zero-order valence-corrected chi connectivity index (χ0v) is 10.0. The lowest BCUT2D eigenvalue weighted by Crippen LogP contribution is -2.46. The Hall–Kier alpha value is -0.610. The van der Waals surface area contributed by atoms with Crippen molar-refractivity contribution in [1.29, 1.82) is 0 Å². The van der Waals surface area contributed by atoms with E-state index in [1.807, 2.05) is 24.3 Å². The topological polar surface area (TPSA) is 44.5 Å². The predicted octanol–water partition coefficient (Wildman–Crippen LogP) is 2.13. The van der Waals surface area contributed by atoms with Gasteiger partial charge in [-0.2, -0.15) is 0 Å². The van der Waals surface area contributed by atoms with Gasteiger partial charge in [-0.15, -0.1) is 0 Å². The minimum absolute atomic E-state index is 0.292. The molecule has 0 amide bonds. The monoisotopic (exact) mass is 241 g/mol. The number of ether oxygens (including phenoxy) is 2. The molecule has 1 aliphatic rings. The summed E-state index contributed by atoms with van der Waals surface area (Å²) in [6.07, 6.45) is 0.